The van der Waals surface area contributed by atoms with Crippen LogP contribution in [0.3, 0.4) is 0 Å². The van der Waals surface area contributed by atoms with E-state index in [2.05, 4.69) is 19.2 Å². The van der Waals surface area contributed by atoms with Crippen molar-refractivity contribution < 1.29 is 23.9 Å². The fourth-order valence-corrected chi connectivity index (χ4v) is 4.93. The standard InChI is InChI=1S/C24H33N3O5/c1-23(2)8-4-11-27(16-23)21(29)14-26-12-10-24(9-7-20(26)28)15-25-22(30)18-6-5-17(31-3)13-19(18)32-24/h5-6,13H,4,7-12,14-16H2,1-3H3,(H,25,30). The Hall–Kier alpha value is -2.77. The highest BCUT2D eigenvalue weighted by atomic mass is 16.5. The molecule has 0 aliphatic carbocycles. The lowest BCUT2D eigenvalue weighted by atomic mass is 9.84. The predicted molar refractivity (Wildman–Crippen MR) is 119 cm³/mol. The topological polar surface area (TPSA) is 88.2 Å². The molecule has 0 radical (unpaired) electrons. The Bertz CT molecular complexity index is 915. The van der Waals surface area contributed by atoms with Crippen molar-refractivity contribution >= 4 is 17.7 Å². The highest BCUT2D eigenvalue weighted by Gasteiger charge is 2.41. The summed E-state index contributed by atoms with van der Waals surface area (Å²) >= 11 is 0. The van der Waals surface area contributed by atoms with Crippen molar-refractivity contribution in [2.45, 2.75) is 51.6 Å². The van der Waals surface area contributed by atoms with E-state index in [1.165, 1.54) is 0 Å². The zero-order chi connectivity index (χ0) is 22.9. The van der Waals surface area contributed by atoms with Crippen LogP contribution in [0.5, 0.6) is 11.5 Å². The number of nitrogens with zero attached hydrogens (tertiary/aromatic N) is 2. The van der Waals surface area contributed by atoms with Crippen molar-refractivity contribution in [3.05, 3.63) is 23.8 Å². The molecule has 32 heavy (non-hydrogen) atoms. The van der Waals surface area contributed by atoms with Crippen LogP contribution in [0.4, 0.5) is 0 Å². The minimum absolute atomic E-state index is 0.00671. The molecule has 4 rings (SSSR count). The van der Waals surface area contributed by atoms with Crippen molar-refractivity contribution in [1.29, 1.82) is 0 Å². The quantitative estimate of drug-likeness (QED) is 0.774. The second-order valence-electron chi connectivity index (χ2n) is 9.98. The van der Waals surface area contributed by atoms with E-state index >= 15 is 0 Å². The predicted octanol–water partition coefficient (Wildman–Crippen LogP) is 2.22. The number of ether oxygens (including phenoxy) is 2. The molecule has 0 saturated carbocycles. The molecule has 2 fully saturated rings. The fourth-order valence-electron chi connectivity index (χ4n) is 4.93. The van der Waals surface area contributed by atoms with Gasteiger partial charge in [-0.3, -0.25) is 14.4 Å². The third-order valence-corrected chi connectivity index (χ3v) is 6.89. The van der Waals surface area contributed by atoms with Gasteiger partial charge in [0.15, 0.2) is 0 Å². The highest BCUT2D eigenvalue weighted by molar-refractivity contribution is 5.97. The molecule has 2 saturated heterocycles. The van der Waals surface area contributed by atoms with E-state index in [1.54, 1.807) is 30.2 Å². The number of piperidine rings is 1. The lowest BCUT2D eigenvalue weighted by Crippen LogP contribution is -2.49. The Labute approximate surface area is 189 Å². The number of rotatable bonds is 3. The first-order valence-electron chi connectivity index (χ1n) is 11.4. The van der Waals surface area contributed by atoms with E-state index < -0.39 is 5.60 Å². The maximum Gasteiger partial charge on any atom is 0.255 e. The molecular formula is C24H33N3O5. The van der Waals surface area contributed by atoms with Gasteiger partial charge in [0, 0.05) is 38.5 Å². The Morgan fingerprint density at radius 3 is 2.75 bits per heavy atom. The first-order chi connectivity index (χ1) is 15.2. The SMILES string of the molecule is COc1ccc2c(c1)OC1(CCC(=O)N(CC(=O)N3CCCC(C)(C)C3)CC1)CNC2=O. The minimum atomic E-state index is -0.701. The van der Waals surface area contributed by atoms with Gasteiger partial charge < -0.3 is 24.6 Å². The van der Waals surface area contributed by atoms with Gasteiger partial charge >= 0.3 is 0 Å². The molecule has 1 spiro atoms. The molecule has 3 heterocycles. The fraction of sp³-hybridized carbons (Fsp3) is 0.625. The number of nitrogens with one attached hydrogen (secondary N) is 1. The smallest absolute Gasteiger partial charge is 0.255 e. The van der Waals surface area contributed by atoms with E-state index in [4.69, 9.17) is 9.47 Å². The maximum absolute atomic E-state index is 12.9. The molecule has 0 bridgehead atoms. The minimum Gasteiger partial charge on any atom is -0.497 e. The van der Waals surface area contributed by atoms with Gasteiger partial charge in [-0.1, -0.05) is 13.8 Å². The lowest BCUT2D eigenvalue weighted by molar-refractivity contribution is -0.142. The Morgan fingerprint density at radius 2 is 2.00 bits per heavy atom. The lowest BCUT2D eigenvalue weighted by Gasteiger charge is -2.39. The number of amides is 3. The van der Waals surface area contributed by atoms with Crippen LogP contribution in [0, 0.1) is 5.41 Å². The van der Waals surface area contributed by atoms with E-state index in [0.29, 0.717) is 43.0 Å². The molecule has 3 aliphatic rings. The van der Waals surface area contributed by atoms with E-state index in [0.717, 1.165) is 25.9 Å². The molecule has 1 aromatic rings. The van der Waals surface area contributed by atoms with Crippen molar-refractivity contribution in [3.63, 3.8) is 0 Å². The summed E-state index contributed by atoms with van der Waals surface area (Å²) < 4.78 is 11.7. The number of fused-ring (bicyclic) bond motifs is 1. The molecule has 3 amide bonds. The molecule has 1 unspecified atom stereocenters. The van der Waals surface area contributed by atoms with Crippen LogP contribution in [0.25, 0.3) is 0 Å². The number of hydrogen-bond acceptors (Lipinski definition) is 5. The summed E-state index contributed by atoms with van der Waals surface area (Å²) in [6.07, 6.45) is 3.38. The summed E-state index contributed by atoms with van der Waals surface area (Å²) in [5.41, 5.74) is -0.131. The van der Waals surface area contributed by atoms with Crippen LogP contribution < -0.4 is 14.8 Å². The van der Waals surface area contributed by atoms with Crippen molar-refractivity contribution in [1.82, 2.24) is 15.1 Å². The van der Waals surface area contributed by atoms with Crippen molar-refractivity contribution in [2.75, 3.05) is 39.8 Å². The normalized spacial score (nSPS) is 25.3. The van der Waals surface area contributed by atoms with Crippen LogP contribution in [0.15, 0.2) is 18.2 Å². The summed E-state index contributed by atoms with van der Waals surface area (Å²) in [7, 11) is 1.57. The number of carbonyl (C=O) groups excluding carboxylic acids is 3. The van der Waals surface area contributed by atoms with Crippen molar-refractivity contribution in [2.24, 2.45) is 5.41 Å². The Kier molecular flexibility index (Phi) is 6.05. The molecule has 8 nitrogen and oxygen atoms in total. The summed E-state index contributed by atoms with van der Waals surface area (Å²) in [6.45, 7) is 6.67. The average molecular weight is 444 g/mol. The summed E-state index contributed by atoms with van der Waals surface area (Å²) in [5, 5.41) is 2.95. The number of carbonyl (C=O) groups is 3. The summed E-state index contributed by atoms with van der Waals surface area (Å²) in [6, 6.07) is 5.13. The maximum atomic E-state index is 12.9. The second-order valence-corrected chi connectivity index (χ2v) is 9.98. The molecule has 1 aromatic carbocycles. The van der Waals surface area contributed by atoms with Crippen LogP contribution in [-0.4, -0.2) is 73.0 Å². The first-order valence-corrected chi connectivity index (χ1v) is 11.4. The second kappa shape index (κ2) is 8.64. The number of methoxy groups -OCH3 is 1. The summed E-state index contributed by atoms with van der Waals surface area (Å²) in [4.78, 5) is 41.9. The molecule has 174 valence electrons. The van der Waals surface area contributed by atoms with Crippen LogP contribution in [-0.2, 0) is 9.59 Å². The van der Waals surface area contributed by atoms with Gasteiger partial charge in [0.25, 0.3) is 5.91 Å². The molecule has 8 heteroatoms. The third kappa shape index (κ3) is 4.69. The number of benzene rings is 1. The van der Waals surface area contributed by atoms with E-state index in [9.17, 15) is 14.4 Å². The van der Waals surface area contributed by atoms with Crippen LogP contribution >= 0.6 is 0 Å². The van der Waals surface area contributed by atoms with Gasteiger partial charge in [0.05, 0.1) is 25.8 Å². The number of hydrogen-bond donors (Lipinski definition) is 1. The Balaban J connectivity index is 1.47. The molecular weight excluding hydrogens is 410 g/mol. The first kappa shape index (κ1) is 22.4. The van der Waals surface area contributed by atoms with Gasteiger partial charge in [0.1, 0.15) is 17.1 Å². The van der Waals surface area contributed by atoms with Crippen LogP contribution in [0.2, 0.25) is 0 Å². The van der Waals surface area contributed by atoms with Gasteiger partial charge in [0.2, 0.25) is 11.8 Å². The van der Waals surface area contributed by atoms with Gasteiger partial charge in [-0.25, -0.2) is 0 Å². The number of likely N-dealkylation sites (tertiary alicyclic amines) is 2. The molecule has 0 aromatic heterocycles. The third-order valence-electron chi connectivity index (χ3n) is 6.89. The molecule has 1 N–H and O–H groups in total. The van der Waals surface area contributed by atoms with Crippen molar-refractivity contribution in [3.8, 4) is 11.5 Å². The average Bonchev–Trinajstić information content (AvgIpc) is 3.00. The zero-order valence-corrected chi connectivity index (χ0v) is 19.2. The zero-order valence-electron chi connectivity index (χ0n) is 19.2. The molecule has 1 atom stereocenters. The highest BCUT2D eigenvalue weighted by Crippen LogP contribution is 2.35. The summed E-state index contributed by atoms with van der Waals surface area (Å²) in [5.74, 6) is 0.834. The monoisotopic (exact) mass is 443 g/mol. The largest absolute Gasteiger partial charge is 0.497 e. The van der Waals surface area contributed by atoms with Gasteiger partial charge in [-0.05, 0) is 36.8 Å². The Morgan fingerprint density at radius 1 is 1.19 bits per heavy atom. The van der Waals surface area contributed by atoms with Crippen LogP contribution in [0.1, 0.15) is 56.3 Å². The van der Waals surface area contributed by atoms with Gasteiger partial charge in [-0.15, -0.1) is 0 Å². The van der Waals surface area contributed by atoms with Gasteiger partial charge in [-0.2, -0.15) is 0 Å². The van der Waals surface area contributed by atoms with E-state index in [-0.39, 0.29) is 36.1 Å². The van der Waals surface area contributed by atoms with E-state index in [1.807, 2.05) is 4.90 Å². The molecule has 3 aliphatic heterocycles.